The average Bonchev–Trinajstić information content (AvgIpc) is 2.11. The molecule has 0 spiro atoms. The standard InChI is InChI=1S/C8H15N5S/c1-2(14)3-4(9)6(11)8(13)7(12)5(3)10/h2,14H,9-13H2,1H3. The number of thiol groups is 1. The van der Waals surface area contributed by atoms with Crippen molar-refractivity contribution >= 4 is 41.1 Å². The van der Waals surface area contributed by atoms with E-state index in [1.54, 1.807) is 0 Å². The predicted octanol–water partition coefficient (Wildman–Crippen LogP) is 0.588. The van der Waals surface area contributed by atoms with Crippen LogP contribution in [0.1, 0.15) is 17.7 Å². The van der Waals surface area contributed by atoms with E-state index in [9.17, 15) is 0 Å². The largest absolute Gasteiger partial charge is 0.397 e. The third-order valence-corrected chi connectivity index (χ3v) is 2.42. The molecule has 0 aliphatic carbocycles. The molecule has 0 bridgehead atoms. The first-order chi connectivity index (χ1) is 6.37. The predicted molar refractivity (Wildman–Crippen MR) is 65.9 cm³/mol. The van der Waals surface area contributed by atoms with Crippen LogP contribution in [0.5, 0.6) is 0 Å². The highest BCUT2D eigenvalue weighted by Crippen LogP contribution is 2.42. The van der Waals surface area contributed by atoms with E-state index in [0.717, 1.165) is 0 Å². The van der Waals surface area contributed by atoms with E-state index >= 15 is 0 Å². The van der Waals surface area contributed by atoms with Crippen LogP contribution >= 0.6 is 12.6 Å². The van der Waals surface area contributed by atoms with Crippen LogP contribution in [0.3, 0.4) is 0 Å². The van der Waals surface area contributed by atoms with Gasteiger partial charge in [0.1, 0.15) is 0 Å². The second-order valence-electron chi connectivity index (χ2n) is 3.16. The molecule has 0 aliphatic heterocycles. The summed E-state index contributed by atoms with van der Waals surface area (Å²) in [6, 6.07) is 0. The molecule has 1 aromatic rings. The Morgan fingerprint density at radius 1 is 0.786 bits per heavy atom. The Morgan fingerprint density at radius 3 is 1.36 bits per heavy atom. The topological polar surface area (TPSA) is 130 Å². The highest BCUT2D eigenvalue weighted by atomic mass is 32.1. The fourth-order valence-electron chi connectivity index (χ4n) is 1.32. The molecule has 1 atom stereocenters. The molecular formula is C8H15N5S. The van der Waals surface area contributed by atoms with Crippen molar-refractivity contribution in [1.29, 1.82) is 0 Å². The fourth-order valence-corrected chi connectivity index (χ4v) is 1.60. The van der Waals surface area contributed by atoms with Crippen molar-refractivity contribution in [3.05, 3.63) is 5.56 Å². The maximum absolute atomic E-state index is 5.76. The highest BCUT2D eigenvalue weighted by Gasteiger charge is 2.18. The molecule has 0 radical (unpaired) electrons. The minimum absolute atomic E-state index is 0.139. The van der Waals surface area contributed by atoms with Crippen LogP contribution in [-0.2, 0) is 0 Å². The molecule has 0 amide bonds. The third kappa shape index (κ3) is 1.37. The fraction of sp³-hybridized carbons (Fsp3) is 0.250. The summed E-state index contributed by atoms with van der Waals surface area (Å²) in [5.41, 5.74) is 30.6. The Labute approximate surface area is 88.0 Å². The van der Waals surface area contributed by atoms with Crippen molar-refractivity contribution in [2.75, 3.05) is 28.7 Å². The maximum atomic E-state index is 5.76. The van der Waals surface area contributed by atoms with Crippen molar-refractivity contribution in [2.24, 2.45) is 0 Å². The summed E-state index contributed by atoms with van der Waals surface area (Å²) in [7, 11) is 0. The van der Waals surface area contributed by atoms with E-state index in [4.69, 9.17) is 28.7 Å². The van der Waals surface area contributed by atoms with Gasteiger partial charge in [-0.15, -0.1) is 0 Å². The van der Waals surface area contributed by atoms with Crippen LogP contribution < -0.4 is 28.7 Å². The van der Waals surface area contributed by atoms with E-state index < -0.39 is 0 Å². The van der Waals surface area contributed by atoms with Gasteiger partial charge in [0.05, 0.1) is 28.4 Å². The first-order valence-corrected chi connectivity index (χ1v) is 4.58. The smallest absolute Gasteiger partial charge is 0.0824 e. The molecule has 0 heterocycles. The molecule has 1 rings (SSSR count). The third-order valence-electron chi connectivity index (χ3n) is 2.16. The van der Waals surface area contributed by atoms with Crippen LogP contribution in [0.4, 0.5) is 28.4 Å². The van der Waals surface area contributed by atoms with Crippen molar-refractivity contribution in [3.63, 3.8) is 0 Å². The lowest BCUT2D eigenvalue weighted by molar-refractivity contribution is 1.12. The van der Waals surface area contributed by atoms with Gasteiger partial charge in [-0.3, -0.25) is 0 Å². The van der Waals surface area contributed by atoms with E-state index in [-0.39, 0.29) is 22.3 Å². The second-order valence-corrected chi connectivity index (χ2v) is 3.93. The summed E-state index contributed by atoms with van der Waals surface area (Å²) in [6.45, 7) is 1.83. The molecule has 1 aromatic carbocycles. The van der Waals surface area contributed by atoms with Gasteiger partial charge in [0.25, 0.3) is 0 Å². The Bertz CT molecular complexity index is 345. The second kappa shape index (κ2) is 3.38. The average molecular weight is 213 g/mol. The number of benzene rings is 1. The van der Waals surface area contributed by atoms with Gasteiger partial charge < -0.3 is 28.7 Å². The zero-order valence-corrected chi connectivity index (χ0v) is 8.81. The van der Waals surface area contributed by atoms with Crippen LogP contribution in [0.25, 0.3) is 0 Å². The molecule has 10 N–H and O–H groups in total. The lowest BCUT2D eigenvalue weighted by Crippen LogP contribution is -2.11. The first kappa shape index (κ1) is 10.6. The van der Waals surface area contributed by atoms with Crippen molar-refractivity contribution in [1.82, 2.24) is 0 Å². The van der Waals surface area contributed by atoms with Crippen molar-refractivity contribution in [2.45, 2.75) is 12.2 Å². The Hall–Kier alpha value is -1.43. The lowest BCUT2D eigenvalue weighted by Gasteiger charge is -2.18. The number of hydrogen-bond donors (Lipinski definition) is 6. The number of hydrogen-bond acceptors (Lipinski definition) is 6. The van der Waals surface area contributed by atoms with Gasteiger partial charge in [-0.1, -0.05) is 0 Å². The molecule has 14 heavy (non-hydrogen) atoms. The molecule has 6 heteroatoms. The minimum atomic E-state index is -0.139. The first-order valence-electron chi connectivity index (χ1n) is 4.07. The zero-order valence-electron chi connectivity index (χ0n) is 7.91. The highest BCUT2D eigenvalue weighted by molar-refractivity contribution is 7.80. The summed E-state index contributed by atoms with van der Waals surface area (Å²) >= 11 is 4.24. The monoisotopic (exact) mass is 213 g/mol. The van der Waals surface area contributed by atoms with Crippen LogP contribution in [0, 0.1) is 0 Å². The quantitative estimate of drug-likeness (QED) is 0.300. The van der Waals surface area contributed by atoms with Gasteiger partial charge in [0.2, 0.25) is 0 Å². The summed E-state index contributed by atoms with van der Waals surface area (Å²) in [4.78, 5) is 0. The Balaban J connectivity index is 3.60. The van der Waals surface area contributed by atoms with E-state index in [1.165, 1.54) is 0 Å². The van der Waals surface area contributed by atoms with E-state index in [1.807, 2.05) is 6.92 Å². The SMILES string of the molecule is CC(S)c1c(N)c(N)c(N)c(N)c1N. The van der Waals surface area contributed by atoms with Crippen molar-refractivity contribution in [3.8, 4) is 0 Å². The molecule has 0 saturated carbocycles. The molecule has 0 aromatic heterocycles. The number of rotatable bonds is 1. The maximum Gasteiger partial charge on any atom is 0.0824 e. The van der Waals surface area contributed by atoms with E-state index in [2.05, 4.69) is 12.6 Å². The summed E-state index contributed by atoms with van der Waals surface area (Å²) < 4.78 is 0. The number of anilines is 5. The molecule has 0 saturated heterocycles. The summed E-state index contributed by atoms with van der Waals surface area (Å²) in [5.74, 6) is 0. The van der Waals surface area contributed by atoms with Gasteiger partial charge in [-0.05, 0) is 6.92 Å². The molecule has 5 nitrogen and oxygen atoms in total. The Kier molecular flexibility index (Phi) is 2.57. The summed E-state index contributed by atoms with van der Waals surface area (Å²) in [5, 5.41) is -0.139. The van der Waals surface area contributed by atoms with Gasteiger partial charge in [0, 0.05) is 10.8 Å². The molecular weight excluding hydrogens is 198 g/mol. The minimum Gasteiger partial charge on any atom is -0.397 e. The number of nitrogens with two attached hydrogens (primary N) is 5. The van der Waals surface area contributed by atoms with Crippen LogP contribution in [-0.4, -0.2) is 0 Å². The number of nitrogen functional groups attached to an aromatic ring is 5. The summed E-state index contributed by atoms with van der Waals surface area (Å²) in [6.07, 6.45) is 0. The zero-order chi connectivity index (χ0) is 11.0. The molecule has 1 unspecified atom stereocenters. The van der Waals surface area contributed by atoms with Crippen LogP contribution in [0.2, 0.25) is 0 Å². The molecule has 78 valence electrons. The lowest BCUT2D eigenvalue weighted by atomic mass is 10.0. The van der Waals surface area contributed by atoms with Gasteiger partial charge in [-0.25, -0.2) is 0 Å². The van der Waals surface area contributed by atoms with Crippen molar-refractivity contribution < 1.29 is 0 Å². The van der Waals surface area contributed by atoms with Gasteiger partial charge in [0.15, 0.2) is 0 Å². The molecule has 0 fully saturated rings. The molecule has 0 aliphatic rings. The van der Waals surface area contributed by atoms with E-state index in [0.29, 0.717) is 16.9 Å². The van der Waals surface area contributed by atoms with Gasteiger partial charge >= 0.3 is 0 Å². The van der Waals surface area contributed by atoms with Crippen LogP contribution in [0.15, 0.2) is 0 Å². The Morgan fingerprint density at radius 2 is 1.07 bits per heavy atom. The van der Waals surface area contributed by atoms with Gasteiger partial charge in [-0.2, -0.15) is 12.6 Å². The normalized spacial score (nSPS) is 12.7.